The van der Waals surface area contributed by atoms with Crippen molar-refractivity contribution < 1.29 is 18.8 Å². The second-order valence-electron chi connectivity index (χ2n) is 8.50. The molecule has 2 aliphatic heterocycles. The van der Waals surface area contributed by atoms with E-state index in [1.165, 1.54) is 39.9 Å². The number of methoxy groups -OCH3 is 2. The SMILES string of the molecule is COCN/C(S/C=C1/SCCN1C)=C1/S/C(=N\c2sc3cc(Cl)ccc3[n+]2C)N(c2ccc(OC)cc2)C1=O. The summed E-state index contributed by atoms with van der Waals surface area (Å²) < 4.78 is 13.7. The van der Waals surface area contributed by atoms with Gasteiger partial charge in [0.1, 0.15) is 22.9 Å². The highest BCUT2D eigenvalue weighted by molar-refractivity contribution is 8.20. The van der Waals surface area contributed by atoms with Crippen LogP contribution in [0.4, 0.5) is 10.8 Å². The minimum Gasteiger partial charge on any atom is -0.497 e. The van der Waals surface area contributed by atoms with Gasteiger partial charge in [-0.15, -0.1) is 11.8 Å². The third kappa shape index (κ3) is 6.06. The predicted octanol–water partition coefficient (Wildman–Crippen LogP) is 5.73. The second kappa shape index (κ2) is 12.4. The molecule has 1 aromatic heterocycles. The normalized spacial score (nSPS) is 19.2. The van der Waals surface area contributed by atoms with Gasteiger partial charge in [-0.3, -0.25) is 4.79 Å². The number of hydrogen-bond acceptors (Lipinski definition) is 10. The molecular weight excluding hydrogens is 594 g/mol. The minimum absolute atomic E-state index is 0.160. The zero-order valence-electron chi connectivity index (χ0n) is 21.8. The zero-order chi connectivity index (χ0) is 27.5. The molecule has 0 aliphatic carbocycles. The first-order valence-electron chi connectivity index (χ1n) is 11.9. The molecule has 13 heteroatoms. The number of aliphatic imine (C=N–C) groups is 1. The van der Waals surface area contributed by atoms with E-state index >= 15 is 0 Å². The van der Waals surface area contributed by atoms with Gasteiger partial charge in [-0.05, 0) is 70.6 Å². The largest absolute Gasteiger partial charge is 0.497 e. The molecule has 0 saturated carbocycles. The van der Waals surface area contributed by atoms with Crippen LogP contribution in [0.25, 0.3) is 10.2 Å². The molecule has 3 aromatic rings. The highest BCUT2D eigenvalue weighted by atomic mass is 35.5. The van der Waals surface area contributed by atoms with Crippen molar-refractivity contribution in [3.8, 4) is 5.75 Å². The Hall–Kier alpha value is -2.35. The van der Waals surface area contributed by atoms with Crippen molar-refractivity contribution in [1.82, 2.24) is 10.2 Å². The van der Waals surface area contributed by atoms with Gasteiger partial charge in [-0.25, -0.2) is 9.47 Å². The Balaban J connectivity index is 1.59. The van der Waals surface area contributed by atoms with Crippen LogP contribution in [0.5, 0.6) is 5.75 Å². The number of rotatable bonds is 8. The quantitative estimate of drug-likeness (QED) is 0.195. The number of benzene rings is 2. The van der Waals surface area contributed by atoms with Crippen LogP contribution in [0.3, 0.4) is 0 Å². The fraction of sp³-hybridized carbons (Fsp3) is 0.269. The zero-order valence-corrected chi connectivity index (χ0v) is 25.8. The van der Waals surface area contributed by atoms with Crippen molar-refractivity contribution in [2.45, 2.75) is 0 Å². The molecule has 8 nitrogen and oxygen atoms in total. The van der Waals surface area contributed by atoms with Crippen LogP contribution in [0.2, 0.25) is 5.02 Å². The Morgan fingerprint density at radius 1 is 1.26 bits per heavy atom. The number of amides is 1. The Morgan fingerprint density at radius 3 is 2.74 bits per heavy atom. The van der Waals surface area contributed by atoms with Gasteiger partial charge in [0.2, 0.25) is 0 Å². The van der Waals surface area contributed by atoms with Crippen molar-refractivity contribution in [3.05, 3.63) is 67.9 Å². The van der Waals surface area contributed by atoms with Crippen LogP contribution in [-0.2, 0) is 16.6 Å². The lowest BCUT2D eigenvalue weighted by atomic mass is 10.2. The lowest BCUT2D eigenvalue weighted by molar-refractivity contribution is -0.627. The van der Waals surface area contributed by atoms with Gasteiger partial charge in [0.25, 0.3) is 11.1 Å². The van der Waals surface area contributed by atoms with Gasteiger partial charge >= 0.3 is 5.13 Å². The molecule has 1 N–H and O–H groups in total. The maximum absolute atomic E-state index is 14.0. The smallest absolute Gasteiger partial charge is 0.385 e. The maximum Gasteiger partial charge on any atom is 0.385 e. The molecule has 2 fully saturated rings. The number of nitrogens with zero attached hydrogens (tertiary/aromatic N) is 4. The number of amidine groups is 1. The molecule has 204 valence electrons. The molecule has 39 heavy (non-hydrogen) atoms. The third-order valence-corrected chi connectivity index (χ3v) is 10.7. The molecule has 0 bridgehead atoms. The maximum atomic E-state index is 14.0. The molecule has 1 amide bonds. The molecule has 2 aromatic carbocycles. The minimum atomic E-state index is -0.160. The molecular formula is C26H27ClN5O3S4+. The highest BCUT2D eigenvalue weighted by Gasteiger charge is 2.41. The number of carbonyl (C=O) groups excluding carboxylic acids is 1. The number of aryl methyl sites for hydroxylation is 1. The van der Waals surface area contributed by atoms with Crippen molar-refractivity contribution in [2.75, 3.05) is 45.2 Å². The molecule has 2 aliphatic rings. The predicted molar refractivity (Wildman–Crippen MR) is 166 cm³/mol. The number of carbonyl (C=O) groups is 1. The molecule has 0 spiro atoms. The van der Waals surface area contributed by atoms with E-state index in [1.54, 1.807) is 30.9 Å². The number of ether oxygens (including phenoxy) is 2. The second-order valence-corrected chi connectivity index (χ2v) is 12.9. The Kier molecular flexibility index (Phi) is 8.99. The van der Waals surface area contributed by atoms with Gasteiger partial charge in [0, 0.05) is 36.9 Å². The summed E-state index contributed by atoms with van der Waals surface area (Å²) in [4.78, 5) is 23.4. The van der Waals surface area contributed by atoms with Crippen molar-refractivity contribution in [3.63, 3.8) is 0 Å². The Labute approximate surface area is 249 Å². The summed E-state index contributed by atoms with van der Waals surface area (Å²) in [7, 11) is 7.27. The van der Waals surface area contributed by atoms with E-state index in [0.717, 1.165) is 32.7 Å². The van der Waals surface area contributed by atoms with Gasteiger partial charge in [0.15, 0.2) is 0 Å². The van der Waals surface area contributed by atoms with E-state index in [2.05, 4.69) is 22.7 Å². The fourth-order valence-electron chi connectivity index (χ4n) is 3.89. The Bertz CT molecular complexity index is 1490. The van der Waals surface area contributed by atoms with Crippen LogP contribution in [-0.4, -0.2) is 56.3 Å². The van der Waals surface area contributed by atoms with Gasteiger partial charge < -0.3 is 19.7 Å². The number of halogens is 1. The standard InChI is InChI=1S/C26H26ClN5O3S4/c1-30-11-12-36-21(30)14-37-23(28-15-34-3)22-24(33)32(17-6-8-18(35-4)9-7-17)26(39-22)29-25-31(2)19-10-5-16(27)13-20(19)38-25/h5-10,13-14H,11-12,15H2,1-4H3/p+1/b21-14+. The van der Waals surface area contributed by atoms with E-state index in [0.29, 0.717) is 26.5 Å². The molecule has 3 heterocycles. The first-order chi connectivity index (χ1) is 18.9. The van der Waals surface area contributed by atoms with E-state index in [1.807, 2.05) is 54.1 Å². The summed E-state index contributed by atoms with van der Waals surface area (Å²) in [6.45, 7) is 1.27. The average molecular weight is 621 g/mol. The van der Waals surface area contributed by atoms with Crippen molar-refractivity contribution in [2.24, 2.45) is 12.0 Å². The van der Waals surface area contributed by atoms with Crippen LogP contribution in [0.15, 0.2) is 67.8 Å². The first kappa shape index (κ1) is 28.2. The van der Waals surface area contributed by atoms with Crippen LogP contribution < -0.4 is 19.5 Å². The number of aromatic nitrogens is 1. The van der Waals surface area contributed by atoms with Crippen LogP contribution in [0.1, 0.15) is 0 Å². The molecule has 2 saturated heterocycles. The van der Waals surface area contributed by atoms with Crippen molar-refractivity contribution in [1.29, 1.82) is 0 Å². The van der Waals surface area contributed by atoms with E-state index < -0.39 is 0 Å². The summed E-state index contributed by atoms with van der Waals surface area (Å²) in [6, 6.07) is 13.2. The van der Waals surface area contributed by atoms with E-state index in [-0.39, 0.29) is 12.6 Å². The van der Waals surface area contributed by atoms with E-state index in [4.69, 9.17) is 26.1 Å². The number of hydrogen-bond donors (Lipinski definition) is 1. The summed E-state index contributed by atoms with van der Waals surface area (Å²) >= 11 is 12.4. The number of fused-ring (bicyclic) bond motifs is 1. The topological polar surface area (TPSA) is 70.3 Å². The average Bonchev–Trinajstić information content (AvgIpc) is 3.59. The van der Waals surface area contributed by atoms with Crippen LogP contribution in [0, 0.1) is 0 Å². The fourth-order valence-corrected chi connectivity index (χ4v) is 8.49. The summed E-state index contributed by atoms with van der Waals surface area (Å²) in [5.41, 5.74) is 1.72. The Morgan fingerprint density at radius 2 is 2.05 bits per heavy atom. The van der Waals surface area contributed by atoms with Crippen molar-refractivity contribution >= 4 is 90.3 Å². The summed E-state index contributed by atoms with van der Waals surface area (Å²) in [6.07, 6.45) is 0. The number of thiazole rings is 1. The monoisotopic (exact) mass is 620 g/mol. The summed E-state index contributed by atoms with van der Waals surface area (Å²) in [5.74, 6) is 1.60. The number of thioether (sulfide) groups is 3. The third-order valence-electron chi connectivity index (χ3n) is 5.99. The van der Waals surface area contributed by atoms with Gasteiger partial charge in [0.05, 0.1) is 34.6 Å². The lowest BCUT2D eigenvalue weighted by Crippen LogP contribution is -2.31. The molecule has 0 unspecified atom stereocenters. The lowest BCUT2D eigenvalue weighted by Gasteiger charge is -2.15. The van der Waals surface area contributed by atoms with Crippen LogP contribution >= 0.6 is 58.2 Å². The molecule has 5 rings (SSSR count). The molecule has 0 atom stereocenters. The first-order valence-corrected chi connectivity index (χ1v) is 15.8. The van der Waals surface area contributed by atoms with Gasteiger partial charge in [-0.2, -0.15) is 0 Å². The molecule has 0 radical (unpaired) electrons. The van der Waals surface area contributed by atoms with Gasteiger partial charge in [-0.1, -0.05) is 23.4 Å². The van der Waals surface area contributed by atoms with E-state index in [9.17, 15) is 4.79 Å². The summed E-state index contributed by atoms with van der Waals surface area (Å²) in [5, 5.41) is 9.24. The number of anilines is 1. The highest BCUT2D eigenvalue weighted by Crippen LogP contribution is 2.42. The number of nitrogens with one attached hydrogen (secondary N) is 1.